The first-order valence-electron chi connectivity index (χ1n) is 6.72. The Morgan fingerprint density at radius 2 is 1.62 bits per heavy atom. The third kappa shape index (κ3) is 4.73. The molecule has 2 rings (SSSR count). The van der Waals surface area contributed by atoms with Crippen LogP contribution in [-0.4, -0.2) is 5.11 Å². The number of hydrogen-bond acceptors (Lipinski definition) is 2. The lowest BCUT2D eigenvalue weighted by molar-refractivity contribution is 0.238. The van der Waals surface area contributed by atoms with Gasteiger partial charge in [0.05, 0.1) is 0 Å². The predicted molar refractivity (Wildman–Crippen MR) is 83.8 cm³/mol. The van der Waals surface area contributed by atoms with Gasteiger partial charge in [0, 0.05) is 12.8 Å². The van der Waals surface area contributed by atoms with E-state index in [0.29, 0.717) is 12.8 Å². The van der Waals surface area contributed by atoms with Crippen LogP contribution < -0.4 is 4.74 Å². The lowest BCUT2D eigenvalue weighted by Crippen LogP contribution is -1.93. The highest BCUT2D eigenvalue weighted by molar-refractivity contribution is 5.35. The number of hydrogen-bond donors (Lipinski definition) is 1. The maximum absolute atomic E-state index is 9.93. The molecule has 0 spiro atoms. The zero-order valence-electron chi connectivity index (χ0n) is 11.6. The van der Waals surface area contributed by atoms with Crippen LogP contribution in [0.4, 0.5) is 0 Å². The van der Waals surface area contributed by atoms with Crippen molar-refractivity contribution in [2.45, 2.75) is 18.9 Å². The number of para-hydroxylation sites is 1. The summed E-state index contributed by atoms with van der Waals surface area (Å²) in [4.78, 5) is 0. The number of rotatable bonds is 4. The predicted octanol–water partition coefficient (Wildman–Crippen LogP) is 3.93. The maximum Gasteiger partial charge on any atom is 0.140 e. The largest absolute Gasteiger partial charge is 0.457 e. The van der Waals surface area contributed by atoms with Crippen molar-refractivity contribution in [3.63, 3.8) is 0 Å². The lowest BCUT2D eigenvalue weighted by Gasteiger charge is -2.07. The zero-order chi connectivity index (χ0) is 14.9. The number of unbranched alkanes of at least 4 members (excludes halogenated alkanes) is 1. The van der Waals surface area contributed by atoms with E-state index in [1.165, 1.54) is 0 Å². The number of aliphatic hydroxyl groups is 1. The van der Waals surface area contributed by atoms with Crippen LogP contribution in [0.3, 0.4) is 0 Å². The Labute approximate surface area is 125 Å². The van der Waals surface area contributed by atoms with Crippen LogP contribution in [0.5, 0.6) is 11.5 Å². The van der Waals surface area contributed by atoms with E-state index in [9.17, 15) is 5.11 Å². The molecule has 0 aliphatic heterocycles. The minimum atomic E-state index is -0.798. The maximum atomic E-state index is 9.93. The standard InChI is InChI=1S/C19H16O2/c1-2-3-4-8-11-19(20)16-12-14-18(15-13-16)21-17-9-6-5-7-10-17/h1,5-7,9-10,12-15,19-20H,3-4H2. The Hall–Kier alpha value is -2.68. The molecule has 2 heteroatoms. The van der Waals surface area contributed by atoms with Gasteiger partial charge in [-0.3, -0.25) is 0 Å². The highest BCUT2D eigenvalue weighted by atomic mass is 16.5. The number of benzene rings is 2. The smallest absolute Gasteiger partial charge is 0.140 e. The Morgan fingerprint density at radius 1 is 0.952 bits per heavy atom. The molecule has 0 amide bonds. The van der Waals surface area contributed by atoms with Gasteiger partial charge in [-0.25, -0.2) is 0 Å². The average molecular weight is 276 g/mol. The fraction of sp³-hybridized carbons (Fsp3) is 0.158. The van der Waals surface area contributed by atoms with Crippen LogP contribution in [0.2, 0.25) is 0 Å². The third-order valence-corrected chi connectivity index (χ3v) is 2.81. The number of ether oxygens (including phenoxy) is 1. The van der Waals surface area contributed by atoms with Crippen molar-refractivity contribution < 1.29 is 9.84 Å². The van der Waals surface area contributed by atoms with Crippen molar-refractivity contribution in [2.24, 2.45) is 0 Å². The molecule has 0 radical (unpaired) electrons. The molecule has 1 unspecified atom stereocenters. The average Bonchev–Trinajstić information content (AvgIpc) is 2.53. The van der Waals surface area contributed by atoms with Gasteiger partial charge >= 0.3 is 0 Å². The van der Waals surface area contributed by atoms with Gasteiger partial charge in [0.1, 0.15) is 17.6 Å². The van der Waals surface area contributed by atoms with Gasteiger partial charge in [-0.1, -0.05) is 42.2 Å². The summed E-state index contributed by atoms with van der Waals surface area (Å²) in [6.07, 6.45) is 5.55. The van der Waals surface area contributed by atoms with E-state index in [1.807, 2.05) is 42.5 Å². The Kier molecular flexibility index (Phi) is 5.47. The molecule has 0 aliphatic carbocycles. The van der Waals surface area contributed by atoms with Crippen molar-refractivity contribution in [1.82, 2.24) is 0 Å². The van der Waals surface area contributed by atoms with Crippen molar-refractivity contribution in [3.05, 3.63) is 60.2 Å². The summed E-state index contributed by atoms with van der Waals surface area (Å²) < 4.78 is 5.69. The first-order chi connectivity index (χ1) is 10.3. The molecule has 0 aliphatic rings. The van der Waals surface area contributed by atoms with Crippen molar-refractivity contribution in [3.8, 4) is 35.7 Å². The van der Waals surface area contributed by atoms with Crippen LogP contribution in [0.25, 0.3) is 0 Å². The summed E-state index contributed by atoms with van der Waals surface area (Å²) in [6, 6.07) is 16.8. The Morgan fingerprint density at radius 3 is 2.29 bits per heavy atom. The second kappa shape index (κ2) is 7.80. The molecule has 2 aromatic rings. The van der Waals surface area contributed by atoms with Crippen molar-refractivity contribution in [1.29, 1.82) is 0 Å². The molecule has 0 saturated heterocycles. The SMILES string of the molecule is C#CCCC#CC(O)c1ccc(Oc2ccccc2)cc1. The molecular weight excluding hydrogens is 260 g/mol. The van der Waals surface area contributed by atoms with Gasteiger partial charge in [0.2, 0.25) is 0 Å². The molecule has 0 saturated carbocycles. The molecule has 2 aromatic carbocycles. The summed E-state index contributed by atoms with van der Waals surface area (Å²) in [5, 5.41) is 9.93. The summed E-state index contributed by atoms with van der Waals surface area (Å²) in [5.41, 5.74) is 0.739. The van der Waals surface area contributed by atoms with Crippen molar-refractivity contribution >= 4 is 0 Å². The second-order valence-corrected chi connectivity index (χ2v) is 4.41. The summed E-state index contributed by atoms with van der Waals surface area (Å²) >= 11 is 0. The topological polar surface area (TPSA) is 29.5 Å². The monoisotopic (exact) mass is 276 g/mol. The molecule has 2 nitrogen and oxygen atoms in total. The van der Waals surface area contributed by atoms with Gasteiger partial charge in [-0.05, 0) is 29.8 Å². The second-order valence-electron chi connectivity index (χ2n) is 4.41. The van der Waals surface area contributed by atoms with Crippen LogP contribution >= 0.6 is 0 Å². The highest BCUT2D eigenvalue weighted by Crippen LogP contribution is 2.23. The van der Waals surface area contributed by atoms with Gasteiger partial charge in [-0.15, -0.1) is 12.3 Å². The zero-order valence-corrected chi connectivity index (χ0v) is 11.6. The Bertz CT molecular complexity index is 655. The van der Waals surface area contributed by atoms with Gasteiger partial charge in [0.25, 0.3) is 0 Å². The first-order valence-corrected chi connectivity index (χ1v) is 6.72. The van der Waals surface area contributed by atoms with E-state index in [4.69, 9.17) is 11.2 Å². The molecule has 1 atom stereocenters. The summed E-state index contributed by atoms with van der Waals surface area (Å²) in [5.74, 6) is 9.65. The van der Waals surface area contributed by atoms with E-state index >= 15 is 0 Å². The molecule has 21 heavy (non-hydrogen) atoms. The summed E-state index contributed by atoms with van der Waals surface area (Å²) in [7, 11) is 0. The Balaban J connectivity index is 1.98. The van der Waals surface area contributed by atoms with Crippen LogP contribution in [0, 0.1) is 24.2 Å². The van der Waals surface area contributed by atoms with E-state index in [2.05, 4.69) is 17.8 Å². The van der Waals surface area contributed by atoms with Gasteiger partial charge in [-0.2, -0.15) is 0 Å². The van der Waals surface area contributed by atoms with Gasteiger partial charge in [0.15, 0.2) is 0 Å². The fourth-order valence-corrected chi connectivity index (χ4v) is 1.73. The molecule has 0 aromatic heterocycles. The van der Waals surface area contributed by atoms with Crippen LogP contribution in [0.1, 0.15) is 24.5 Å². The highest BCUT2D eigenvalue weighted by Gasteiger charge is 2.04. The normalized spacial score (nSPS) is 10.9. The van der Waals surface area contributed by atoms with E-state index in [1.54, 1.807) is 12.1 Å². The lowest BCUT2D eigenvalue weighted by atomic mass is 10.1. The quantitative estimate of drug-likeness (QED) is 0.677. The fourth-order valence-electron chi connectivity index (χ4n) is 1.73. The summed E-state index contributed by atoms with van der Waals surface area (Å²) in [6.45, 7) is 0. The molecular formula is C19H16O2. The van der Waals surface area contributed by atoms with Crippen molar-refractivity contribution in [2.75, 3.05) is 0 Å². The van der Waals surface area contributed by atoms with E-state index < -0.39 is 6.10 Å². The molecule has 0 heterocycles. The van der Waals surface area contributed by atoms with E-state index in [0.717, 1.165) is 17.1 Å². The molecule has 0 bridgehead atoms. The van der Waals surface area contributed by atoms with Crippen LogP contribution in [-0.2, 0) is 0 Å². The van der Waals surface area contributed by atoms with Crippen LogP contribution in [0.15, 0.2) is 54.6 Å². The minimum absolute atomic E-state index is 0.600. The minimum Gasteiger partial charge on any atom is -0.457 e. The molecule has 0 fully saturated rings. The number of terminal acetylenes is 1. The molecule has 104 valence electrons. The third-order valence-electron chi connectivity index (χ3n) is 2.81. The van der Waals surface area contributed by atoms with E-state index in [-0.39, 0.29) is 0 Å². The van der Waals surface area contributed by atoms with Gasteiger partial charge < -0.3 is 9.84 Å². The number of aliphatic hydroxyl groups excluding tert-OH is 1. The molecule has 1 N–H and O–H groups in total. The first kappa shape index (κ1) is 14.7.